The Kier molecular flexibility index (Phi) is 4.71. The molecule has 0 aliphatic rings. The van der Waals surface area contributed by atoms with E-state index < -0.39 is 38.6 Å². The van der Waals surface area contributed by atoms with Gasteiger partial charge in [-0.3, -0.25) is 0 Å². The van der Waals surface area contributed by atoms with Crippen molar-refractivity contribution in [3.63, 3.8) is 0 Å². The number of hydrogen-bond donors (Lipinski definition) is 0. The Hall–Kier alpha value is -2.39. The van der Waals surface area contributed by atoms with E-state index in [4.69, 9.17) is 0 Å². The second-order valence-corrected chi connectivity index (χ2v) is 4.87. The van der Waals surface area contributed by atoms with E-state index in [0.29, 0.717) is 12.1 Å². The summed E-state index contributed by atoms with van der Waals surface area (Å²) >= 11 is 0. The largest absolute Gasteiger partial charge is 0.573 e. The first-order valence-electron chi connectivity index (χ1n) is 4.93. The third-order valence-electron chi connectivity index (χ3n) is 2.03. The number of carbonyl (C=O) groups excluding carboxylic acids is 2. The van der Waals surface area contributed by atoms with E-state index in [0.717, 1.165) is 19.2 Å². The summed E-state index contributed by atoms with van der Waals surface area (Å²) in [6.07, 6.45) is -4.54. The number of alkyl halides is 3. The summed E-state index contributed by atoms with van der Waals surface area (Å²) in [5.41, 5.74) is -0.766. The molecule has 0 atom stereocenters. The Morgan fingerprint density at radius 2 is 1.95 bits per heavy atom. The minimum Gasteiger partial charge on any atom is -0.465 e. The summed E-state index contributed by atoms with van der Waals surface area (Å²) in [6.45, 7) is 0. The molecule has 0 unspecified atom stereocenters. The maximum atomic E-state index is 12.3. The molecule has 0 aliphatic heterocycles. The lowest BCUT2D eigenvalue weighted by atomic mass is 10.2. The number of nitrogens with zero attached hydrogens (tertiary/aromatic N) is 1. The molecule has 0 aromatic heterocycles. The van der Waals surface area contributed by atoms with Crippen LogP contribution in [0.4, 0.5) is 13.2 Å². The van der Waals surface area contributed by atoms with Gasteiger partial charge in [0, 0.05) is 0 Å². The van der Waals surface area contributed by atoms with E-state index in [1.165, 1.54) is 0 Å². The molecule has 0 heterocycles. The molecule has 11 heteroatoms. The van der Waals surface area contributed by atoms with Crippen molar-refractivity contribution < 1.29 is 40.7 Å². The fourth-order valence-electron chi connectivity index (χ4n) is 1.35. The normalized spacial score (nSPS) is 11.4. The number of esters is 1. The monoisotopic (exact) mass is 325 g/mol. The third kappa shape index (κ3) is 4.04. The standard InChI is InChI=1S/C10H6F3NO6S/c1-19-9(16)6-3-2-4-7(20-10(11,12)13)8(6)21(17,18)14-5-15/h2-4H,1H3. The predicted octanol–water partition coefficient (Wildman–Crippen LogP) is 1.40. The van der Waals surface area contributed by atoms with Crippen LogP contribution in [0.3, 0.4) is 0 Å². The zero-order valence-electron chi connectivity index (χ0n) is 10.2. The van der Waals surface area contributed by atoms with Crippen LogP contribution in [-0.2, 0) is 19.6 Å². The first kappa shape index (κ1) is 16.7. The van der Waals surface area contributed by atoms with Gasteiger partial charge in [-0.25, -0.2) is 9.59 Å². The molecule has 1 rings (SSSR count). The molecule has 7 nitrogen and oxygen atoms in total. The molecule has 21 heavy (non-hydrogen) atoms. The van der Waals surface area contributed by atoms with Gasteiger partial charge in [-0.05, 0) is 12.1 Å². The van der Waals surface area contributed by atoms with Gasteiger partial charge in [0.2, 0.25) is 0 Å². The molecular formula is C10H6F3NO6S. The number of sulfonamides is 1. The first-order chi connectivity index (χ1) is 9.62. The molecule has 0 saturated heterocycles. The molecule has 0 amide bonds. The zero-order chi connectivity index (χ0) is 16.3. The number of ether oxygens (including phenoxy) is 2. The number of rotatable bonds is 4. The van der Waals surface area contributed by atoms with E-state index in [1.54, 1.807) is 0 Å². The second-order valence-electron chi connectivity index (χ2n) is 3.33. The average molecular weight is 325 g/mol. The smallest absolute Gasteiger partial charge is 0.465 e. The maximum Gasteiger partial charge on any atom is 0.573 e. The zero-order valence-corrected chi connectivity index (χ0v) is 11.0. The van der Waals surface area contributed by atoms with Gasteiger partial charge in [0.05, 0.1) is 12.7 Å². The molecule has 0 saturated carbocycles. The van der Waals surface area contributed by atoms with Crippen LogP contribution in [0.2, 0.25) is 0 Å². The summed E-state index contributed by atoms with van der Waals surface area (Å²) < 4.78 is 70.4. The average Bonchev–Trinajstić information content (AvgIpc) is 2.35. The Balaban J connectivity index is 3.68. The van der Waals surface area contributed by atoms with Gasteiger partial charge in [-0.15, -0.1) is 13.2 Å². The van der Waals surface area contributed by atoms with Crippen LogP contribution < -0.4 is 4.74 Å². The van der Waals surface area contributed by atoms with Crippen molar-refractivity contribution in [2.75, 3.05) is 7.11 Å². The molecule has 1 aromatic rings. The summed E-state index contributed by atoms with van der Waals surface area (Å²) in [7, 11) is -4.04. The van der Waals surface area contributed by atoms with Crippen LogP contribution >= 0.6 is 0 Å². The molecule has 1 aromatic carbocycles. The highest BCUT2D eigenvalue weighted by atomic mass is 32.2. The fourth-order valence-corrected chi connectivity index (χ4v) is 2.34. The van der Waals surface area contributed by atoms with Crippen molar-refractivity contribution in [1.29, 1.82) is 0 Å². The highest BCUT2D eigenvalue weighted by Crippen LogP contribution is 2.33. The van der Waals surface area contributed by atoms with Crippen molar-refractivity contribution in [3.8, 4) is 5.75 Å². The summed E-state index contributed by atoms with van der Waals surface area (Å²) in [6, 6.07) is 2.46. The second kappa shape index (κ2) is 5.94. The lowest BCUT2D eigenvalue weighted by Gasteiger charge is -2.13. The van der Waals surface area contributed by atoms with E-state index in [2.05, 4.69) is 13.9 Å². The van der Waals surface area contributed by atoms with Gasteiger partial charge in [0.25, 0.3) is 16.1 Å². The maximum absolute atomic E-state index is 12.3. The molecule has 0 bridgehead atoms. The lowest BCUT2D eigenvalue weighted by molar-refractivity contribution is -0.275. The number of halogens is 3. The number of isocyanates is 1. The minimum atomic E-state index is -5.22. The Labute approximate surface area is 116 Å². The molecular weight excluding hydrogens is 319 g/mol. The fraction of sp³-hybridized carbons (Fsp3) is 0.200. The van der Waals surface area contributed by atoms with E-state index in [9.17, 15) is 31.2 Å². The van der Waals surface area contributed by atoms with Gasteiger partial charge in [-0.1, -0.05) is 10.5 Å². The van der Waals surface area contributed by atoms with Crippen LogP contribution in [-0.4, -0.2) is 33.9 Å². The van der Waals surface area contributed by atoms with Crippen LogP contribution in [0.5, 0.6) is 5.75 Å². The van der Waals surface area contributed by atoms with Gasteiger partial charge in [0.1, 0.15) is 4.90 Å². The van der Waals surface area contributed by atoms with E-state index in [-0.39, 0.29) is 0 Å². The van der Waals surface area contributed by atoms with Crippen molar-refractivity contribution in [3.05, 3.63) is 23.8 Å². The van der Waals surface area contributed by atoms with Crippen molar-refractivity contribution in [1.82, 2.24) is 0 Å². The number of carbonyl (C=O) groups is 1. The van der Waals surface area contributed by atoms with E-state index >= 15 is 0 Å². The van der Waals surface area contributed by atoms with Gasteiger partial charge in [0.15, 0.2) is 5.75 Å². The molecule has 114 valence electrons. The quantitative estimate of drug-likeness (QED) is 0.471. The van der Waals surface area contributed by atoms with Crippen molar-refractivity contribution in [2.45, 2.75) is 11.3 Å². The number of benzene rings is 1. The summed E-state index contributed by atoms with van der Waals surface area (Å²) in [5.74, 6) is -2.47. The Morgan fingerprint density at radius 3 is 2.43 bits per heavy atom. The molecule has 0 N–H and O–H groups in total. The highest BCUT2D eigenvalue weighted by Gasteiger charge is 2.36. The third-order valence-corrected chi connectivity index (χ3v) is 3.28. The van der Waals surface area contributed by atoms with Crippen LogP contribution in [0.1, 0.15) is 10.4 Å². The van der Waals surface area contributed by atoms with Crippen LogP contribution in [0.15, 0.2) is 27.5 Å². The number of hydrogen-bond acceptors (Lipinski definition) is 6. The summed E-state index contributed by atoms with van der Waals surface area (Å²) in [4.78, 5) is 20.3. The molecule has 0 aliphatic carbocycles. The molecule has 0 fully saturated rings. The van der Waals surface area contributed by atoms with Gasteiger partial charge >= 0.3 is 12.3 Å². The Bertz CT molecular complexity index is 706. The van der Waals surface area contributed by atoms with Crippen LogP contribution in [0.25, 0.3) is 0 Å². The Morgan fingerprint density at radius 1 is 1.33 bits per heavy atom. The minimum absolute atomic E-state index is 0.646. The highest BCUT2D eigenvalue weighted by molar-refractivity contribution is 7.90. The van der Waals surface area contributed by atoms with Crippen molar-refractivity contribution in [2.24, 2.45) is 4.40 Å². The SMILES string of the molecule is COC(=O)c1cccc(OC(F)(F)F)c1S(=O)(=O)N=C=O. The van der Waals surface area contributed by atoms with Crippen LogP contribution in [0, 0.1) is 0 Å². The van der Waals surface area contributed by atoms with Gasteiger partial charge < -0.3 is 9.47 Å². The first-order valence-corrected chi connectivity index (χ1v) is 6.37. The molecule has 0 spiro atoms. The van der Waals surface area contributed by atoms with E-state index in [1.807, 2.05) is 0 Å². The summed E-state index contributed by atoms with van der Waals surface area (Å²) in [5, 5.41) is 0. The lowest BCUT2D eigenvalue weighted by Crippen LogP contribution is -2.20. The predicted molar refractivity (Wildman–Crippen MR) is 59.8 cm³/mol. The number of methoxy groups -OCH3 is 1. The topological polar surface area (TPSA) is 99.1 Å². The molecule has 0 radical (unpaired) electrons. The van der Waals surface area contributed by atoms with Gasteiger partial charge in [-0.2, -0.15) is 8.42 Å². The van der Waals surface area contributed by atoms with Crippen molar-refractivity contribution >= 4 is 22.1 Å².